The van der Waals surface area contributed by atoms with Crippen molar-refractivity contribution in [1.82, 2.24) is 16.0 Å². The number of amides is 3. The molecule has 0 aromatic carbocycles. The smallest absolute Gasteiger partial charge is 0.326 e. The monoisotopic (exact) mass is 547 g/mol. The molecule has 4 unspecified atom stereocenters. The number of guanidine groups is 1. The van der Waals surface area contributed by atoms with Crippen LogP contribution in [0.4, 0.5) is 0 Å². The van der Waals surface area contributed by atoms with Gasteiger partial charge in [-0.3, -0.25) is 33.8 Å². The summed E-state index contributed by atoms with van der Waals surface area (Å²) in [5.41, 5.74) is 15.8. The van der Waals surface area contributed by atoms with Gasteiger partial charge in [0, 0.05) is 19.4 Å². The minimum atomic E-state index is -1.59. The maximum absolute atomic E-state index is 12.8. The van der Waals surface area contributed by atoms with Gasteiger partial charge in [0.05, 0.1) is 12.5 Å². The van der Waals surface area contributed by atoms with Crippen molar-refractivity contribution in [2.75, 3.05) is 6.54 Å². The summed E-state index contributed by atoms with van der Waals surface area (Å²) in [6.07, 6.45) is -2.95. The first-order chi connectivity index (χ1) is 17.6. The van der Waals surface area contributed by atoms with Crippen molar-refractivity contribution in [2.24, 2.45) is 22.2 Å². The molecule has 0 fully saturated rings. The van der Waals surface area contributed by atoms with Gasteiger partial charge in [-0.05, 0) is 25.7 Å². The van der Waals surface area contributed by atoms with Crippen molar-refractivity contribution in [3.05, 3.63) is 0 Å². The van der Waals surface area contributed by atoms with Crippen molar-refractivity contribution in [3.63, 3.8) is 0 Å². The maximum atomic E-state index is 12.8. The van der Waals surface area contributed by atoms with Crippen LogP contribution in [-0.4, -0.2) is 98.7 Å². The molecular formula is C20H33N7O11. The van der Waals surface area contributed by atoms with Gasteiger partial charge >= 0.3 is 23.9 Å². The van der Waals surface area contributed by atoms with E-state index in [0.29, 0.717) is 0 Å². The molecule has 0 aromatic heterocycles. The summed E-state index contributed by atoms with van der Waals surface area (Å²) in [6.45, 7) is 0.0656. The van der Waals surface area contributed by atoms with Crippen LogP contribution in [0.15, 0.2) is 4.99 Å². The molecule has 0 saturated carbocycles. The number of nitrogens with one attached hydrogen (secondary N) is 3. The number of nitrogens with two attached hydrogens (primary N) is 3. The van der Waals surface area contributed by atoms with Crippen molar-refractivity contribution < 1.29 is 54.0 Å². The SMILES string of the molecule is NC(N)=NCCCC(NC(=O)C(CCC(=O)O)NC(=O)C(CCC(=O)O)NC(=O)C(N)CC(=O)O)C(=O)O. The first kappa shape index (κ1) is 33.5. The highest BCUT2D eigenvalue weighted by atomic mass is 16.4. The number of rotatable bonds is 19. The second kappa shape index (κ2) is 17.1. The van der Waals surface area contributed by atoms with Gasteiger partial charge in [0.1, 0.15) is 18.1 Å². The molecule has 0 heterocycles. The van der Waals surface area contributed by atoms with Gasteiger partial charge in [0.25, 0.3) is 0 Å². The van der Waals surface area contributed by atoms with Crippen LogP contribution in [0.1, 0.15) is 44.9 Å². The van der Waals surface area contributed by atoms with Crippen LogP contribution in [0.25, 0.3) is 0 Å². The van der Waals surface area contributed by atoms with Crippen LogP contribution in [0.3, 0.4) is 0 Å². The molecule has 3 amide bonds. The number of carboxylic acids is 4. The lowest BCUT2D eigenvalue weighted by atomic mass is 10.1. The van der Waals surface area contributed by atoms with Crippen LogP contribution in [-0.2, 0) is 33.6 Å². The summed E-state index contributed by atoms with van der Waals surface area (Å²) < 4.78 is 0. The van der Waals surface area contributed by atoms with Gasteiger partial charge in [-0.25, -0.2) is 4.79 Å². The zero-order chi connectivity index (χ0) is 29.4. The second-order valence-corrected chi connectivity index (χ2v) is 8.04. The summed E-state index contributed by atoms with van der Waals surface area (Å²) in [5, 5.41) is 42.6. The highest BCUT2D eigenvalue weighted by Crippen LogP contribution is 2.06. The molecule has 214 valence electrons. The third-order valence-electron chi connectivity index (χ3n) is 4.85. The first-order valence-corrected chi connectivity index (χ1v) is 11.2. The largest absolute Gasteiger partial charge is 0.481 e. The number of aliphatic carboxylic acids is 4. The highest BCUT2D eigenvalue weighted by molar-refractivity contribution is 5.95. The van der Waals surface area contributed by atoms with Gasteiger partial charge in [-0.15, -0.1) is 0 Å². The van der Waals surface area contributed by atoms with Crippen molar-refractivity contribution in [3.8, 4) is 0 Å². The molecule has 18 nitrogen and oxygen atoms in total. The minimum absolute atomic E-state index is 0.0656. The van der Waals surface area contributed by atoms with Crippen LogP contribution in [0, 0.1) is 0 Å². The Morgan fingerprint density at radius 2 is 1.11 bits per heavy atom. The third-order valence-corrected chi connectivity index (χ3v) is 4.85. The van der Waals surface area contributed by atoms with E-state index >= 15 is 0 Å². The predicted molar refractivity (Wildman–Crippen MR) is 127 cm³/mol. The predicted octanol–water partition coefficient (Wildman–Crippen LogP) is -3.89. The summed E-state index contributed by atoms with van der Waals surface area (Å²) >= 11 is 0. The lowest BCUT2D eigenvalue weighted by molar-refractivity contribution is -0.143. The molecule has 0 radical (unpaired) electrons. The number of carbonyl (C=O) groups is 7. The number of aliphatic imine (C=N–C) groups is 1. The van der Waals surface area contributed by atoms with Crippen molar-refractivity contribution in [1.29, 1.82) is 0 Å². The number of hydrogen-bond donors (Lipinski definition) is 10. The molecule has 0 rings (SSSR count). The Morgan fingerprint density at radius 3 is 1.50 bits per heavy atom. The van der Waals surface area contributed by atoms with E-state index in [1.54, 1.807) is 0 Å². The van der Waals surface area contributed by atoms with Gasteiger partial charge in [0.15, 0.2) is 5.96 Å². The standard InChI is InChI=1S/C20H33N7O11/c21-9(8-15(32)33)16(34)25-10(3-5-13(28)29)17(35)26-11(4-6-14(30)31)18(36)27-12(19(37)38)2-1-7-24-20(22)23/h9-12H,1-8,21H2,(H,25,34)(H,26,35)(H,27,36)(H,28,29)(H,30,31)(H,32,33)(H,37,38)(H4,22,23,24). The molecule has 38 heavy (non-hydrogen) atoms. The van der Waals surface area contributed by atoms with E-state index in [0.717, 1.165) is 0 Å². The van der Waals surface area contributed by atoms with E-state index in [1.165, 1.54) is 0 Å². The zero-order valence-electron chi connectivity index (χ0n) is 20.3. The number of nitrogens with zero attached hydrogens (tertiary/aromatic N) is 1. The first-order valence-electron chi connectivity index (χ1n) is 11.2. The van der Waals surface area contributed by atoms with E-state index in [1.807, 2.05) is 0 Å². The molecule has 4 atom stereocenters. The average Bonchev–Trinajstić information content (AvgIpc) is 2.79. The topological polar surface area (TPSA) is 327 Å². The molecule has 13 N–H and O–H groups in total. The van der Waals surface area contributed by atoms with Crippen LogP contribution in [0.2, 0.25) is 0 Å². The van der Waals surface area contributed by atoms with Gasteiger partial charge in [-0.2, -0.15) is 0 Å². The number of hydrogen-bond acceptors (Lipinski definition) is 9. The Morgan fingerprint density at radius 1 is 0.658 bits per heavy atom. The van der Waals surface area contributed by atoms with E-state index in [-0.39, 0.29) is 25.3 Å². The maximum Gasteiger partial charge on any atom is 0.326 e. The Hall–Kier alpha value is -4.48. The lowest BCUT2D eigenvalue weighted by Gasteiger charge is -2.24. The summed E-state index contributed by atoms with van der Waals surface area (Å²) in [5.74, 6) is -8.97. The highest BCUT2D eigenvalue weighted by Gasteiger charge is 2.31. The zero-order valence-corrected chi connectivity index (χ0v) is 20.3. The minimum Gasteiger partial charge on any atom is -0.481 e. The molecular weight excluding hydrogens is 514 g/mol. The van der Waals surface area contributed by atoms with E-state index in [2.05, 4.69) is 20.9 Å². The van der Waals surface area contributed by atoms with Gasteiger partial charge < -0.3 is 53.6 Å². The van der Waals surface area contributed by atoms with E-state index in [4.69, 9.17) is 32.5 Å². The molecule has 18 heteroatoms. The normalized spacial score (nSPS) is 13.6. The quantitative estimate of drug-likeness (QED) is 0.0420. The lowest BCUT2D eigenvalue weighted by Crippen LogP contribution is -2.57. The summed E-state index contributed by atoms with van der Waals surface area (Å²) in [7, 11) is 0. The fourth-order valence-corrected chi connectivity index (χ4v) is 2.94. The molecule has 0 bridgehead atoms. The fourth-order valence-electron chi connectivity index (χ4n) is 2.94. The van der Waals surface area contributed by atoms with Crippen LogP contribution < -0.4 is 33.2 Å². The third kappa shape index (κ3) is 14.8. The molecule has 0 aromatic rings. The fraction of sp³-hybridized carbons (Fsp3) is 0.600. The average molecular weight is 548 g/mol. The molecule has 0 spiro atoms. The van der Waals surface area contributed by atoms with Crippen LogP contribution in [0.5, 0.6) is 0 Å². The van der Waals surface area contributed by atoms with Gasteiger partial charge in [-0.1, -0.05) is 0 Å². The Kier molecular flexibility index (Phi) is 15.0. The van der Waals surface area contributed by atoms with E-state index < -0.39 is 97.9 Å². The Balaban J connectivity index is 5.63. The molecule has 0 aliphatic carbocycles. The second-order valence-electron chi connectivity index (χ2n) is 8.04. The van der Waals surface area contributed by atoms with E-state index in [9.17, 15) is 38.7 Å². The number of carbonyl (C=O) groups excluding carboxylic acids is 3. The summed E-state index contributed by atoms with van der Waals surface area (Å²) in [6, 6.07) is -6.20. The van der Waals surface area contributed by atoms with Gasteiger partial charge in [0.2, 0.25) is 17.7 Å². The summed E-state index contributed by atoms with van der Waals surface area (Å²) in [4.78, 5) is 85.8. The Labute approximate surface area is 216 Å². The molecule has 0 aliphatic rings. The molecule has 0 aliphatic heterocycles. The van der Waals surface area contributed by atoms with Crippen molar-refractivity contribution in [2.45, 2.75) is 69.1 Å². The van der Waals surface area contributed by atoms with Crippen molar-refractivity contribution >= 4 is 47.6 Å². The Bertz CT molecular complexity index is 921. The molecule has 0 saturated heterocycles. The van der Waals surface area contributed by atoms with Crippen LogP contribution >= 0.6 is 0 Å². The number of carboxylic acid groups (broad SMARTS) is 4.